The predicted molar refractivity (Wildman–Crippen MR) is 56.7 cm³/mol. The van der Waals surface area contributed by atoms with E-state index in [0.717, 1.165) is 6.42 Å². The van der Waals surface area contributed by atoms with Crippen LogP contribution in [0.5, 0.6) is 0 Å². The van der Waals surface area contributed by atoms with E-state index in [1.54, 1.807) is 0 Å². The molecule has 13 heavy (non-hydrogen) atoms. The van der Waals surface area contributed by atoms with Crippen LogP contribution in [0.3, 0.4) is 0 Å². The Kier molecular flexibility index (Phi) is 3.78. The van der Waals surface area contributed by atoms with Gasteiger partial charge in [-0.05, 0) is 37.0 Å². The van der Waals surface area contributed by atoms with Crippen LogP contribution < -0.4 is 0 Å². The summed E-state index contributed by atoms with van der Waals surface area (Å²) in [6, 6.07) is 0. The summed E-state index contributed by atoms with van der Waals surface area (Å²) in [5.41, 5.74) is 0.463. The van der Waals surface area contributed by atoms with E-state index in [-0.39, 0.29) is 6.10 Å². The maximum Gasteiger partial charge on any atom is 0.0568 e. The molecule has 78 valence electrons. The molecule has 1 saturated carbocycles. The van der Waals surface area contributed by atoms with E-state index in [4.69, 9.17) is 0 Å². The molecule has 1 nitrogen and oxygen atoms in total. The van der Waals surface area contributed by atoms with Crippen molar-refractivity contribution in [3.63, 3.8) is 0 Å². The Balaban J connectivity index is 1.94. The molecule has 1 aliphatic rings. The third-order valence-electron chi connectivity index (χ3n) is 2.84. The highest BCUT2D eigenvalue weighted by molar-refractivity contribution is 4.80. The fraction of sp³-hybridized carbons (Fsp3) is 1.00. The molecule has 1 fully saturated rings. The Morgan fingerprint density at radius 1 is 1.23 bits per heavy atom. The van der Waals surface area contributed by atoms with Crippen molar-refractivity contribution in [3.8, 4) is 0 Å². The molecular weight excluding hydrogens is 160 g/mol. The summed E-state index contributed by atoms with van der Waals surface area (Å²) in [6.45, 7) is 6.85. The van der Waals surface area contributed by atoms with Crippen LogP contribution >= 0.6 is 0 Å². The third kappa shape index (κ3) is 5.30. The maximum absolute atomic E-state index is 9.62. The zero-order chi connectivity index (χ0) is 9.90. The molecule has 1 N–H and O–H groups in total. The van der Waals surface area contributed by atoms with E-state index in [9.17, 15) is 5.11 Å². The van der Waals surface area contributed by atoms with Crippen LogP contribution in [-0.4, -0.2) is 11.2 Å². The standard InChI is InChI=1S/C12H24O/c1-12(2,3)9-5-4-6-11(13)10-7-8-10/h10-11,13H,4-9H2,1-3H3. The first-order chi connectivity index (χ1) is 5.99. The topological polar surface area (TPSA) is 20.2 Å². The molecule has 0 bridgehead atoms. The first-order valence-corrected chi connectivity index (χ1v) is 5.67. The van der Waals surface area contributed by atoms with Gasteiger partial charge in [0, 0.05) is 0 Å². The van der Waals surface area contributed by atoms with Crippen molar-refractivity contribution in [2.75, 3.05) is 0 Å². The van der Waals surface area contributed by atoms with Crippen LogP contribution in [0.25, 0.3) is 0 Å². The summed E-state index contributed by atoms with van der Waals surface area (Å²) in [7, 11) is 0. The lowest BCUT2D eigenvalue weighted by atomic mass is 9.89. The molecule has 0 amide bonds. The number of aliphatic hydroxyl groups excluding tert-OH is 1. The first kappa shape index (κ1) is 11.0. The molecule has 1 unspecified atom stereocenters. The van der Waals surface area contributed by atoms with Crippen LogP contribution in [0.15, 0.2) is 0 Å². The smallest absolute Gasteiger partial charge is 0.0568 e. The quantitative estimate of drug-likeness (QED) is 0.650. The van der Waals surface area contributed by atoms with Crippen LogP contribution in [0, 0.1) is 11.3 Å². The number of aliphatic hydroxyl groups is 1. The fourth-order valence-electron chi connectivity index (χ4n) is 1.73. The molecule has 0 heterocycles. The van der Waals surface area contributed by atoms with Gasteiger partial charge in [-0.1, -0.05) is 33.6 Å². The molecular formula is C12H24O. The minimum absolute atomic E-state index is 0.0139. The van der Waals surface area contributed by atoms with Gasteiger partial charge in [0.2, 0.25) is 0 Å². The molecule has 1 aliphatic carbocycles. The number of rotatable bonds is 5. The summed E-state index contributed by atoms with van der Waals surface area (Å²) in [6.07, 6.45) is 7.33. The summed E-state index contributed by atoms with van der Waals surface area (Å²) in [4.78, 5) is 0. The Morgan fingerprint density at radius 2 is 1.85 bits per heavy atom. The van der Waals surface area contributed by atoms with E-state index in [0.29, 0.717) is 11.3 Å². The van der Waals surface area contributed by atoms with Gasteiger partial charge in [-0.3, -0.25) is 0 Å². The molecule has 0 aliphatic heterocycles. The Morgan fingerprint density at radius 3 is 2.31 bits per heavy atom. The van der Waals surface area contributed by atoms with Crippen molar-refractivity contribution >= 4 is 0 Å². The normalized spacial score (nSPS) is 20.3. The number of hydrogen-bond acceptors (Lipinski definition) is 1. The van der Waals surface area contributed by atoms with E-state index in [1.807, 2.05) is 0 Å². The van der Waals surface area contributed by atoms with Gasteiger partial charge in [0.25, 0.3) is 0 Å². The highest BCUT2D eigenvalue weighted by Gasteiger charge is 2.28. The Hall–Kier alpha value is -0.0400. The molecule has 0 saturated heterocycles. The molecule has 0 radical (unpaired) electrons. The van der Waals surface area contributed by atoms with Crippen molar-refractivity contribution in [2.24, 2.45) is 11.3 Å². The van der Waals surface area contributed by atoms with Gasteiger partial charge in [0.15, 0.2) is 0 Å². The van der Waals surface area contributed by atoms with Crippen molar-refractivity contribution in [2.45, 2.75) is 65.4 Å². The maximum atomic E-state index is 9.62. The van der Waals surface area contributed by atoms with Gasteiger partial charge in [-0.2, -0.15) is 0 Å². The summed E-state index contributed by atoms with van der Waals surface area (Å²) < 4.78 is 0. The number of hydrogen-bond donors (Lipinski definition) is 1. The van der Waals surface area contributed by atoms with Gasteiger partial charge in [-0.15, -0.1) is 0 Å². The van der Waals surface area contributed by atoms with Gasteiger partial charge in [0.1, 0.15) is 0 Å². The second-order valence-electron chi connectivity index (χ2n) is 5.71. The molecule has 0 aromatic carbocycles. The second kappa shape index (κ2) is 4.45. The van der Waals surface area contributed by atoms with Crippen LogP contribution in [-0.2, 0) is 0 Å². The van der Waals surface area contributed by atoms with Crippen molar-refractivity contribution < 1.29 is 5.11 Å². The summed E-state index contributed by atoms with van der Waals surface area (Å²) >= 11 is 0. The molecule has 0 aromatic heterocycles. The average Bonchev–Trinajstić information content (AvgIpc) is 2.77. The van der Waals surface area contributed by atoms with Crippen LogP contribution in [0.4, 0.5) is 0 Å². The summed E-state index contributed by atoms with van der Waals surface area (Å²) in [5, 5.41) is 9.62. The number of unbranched alkanes of at least 4 members (excludes halogenated alkanes) is 1. The fourth-order valence-corrected chi connectivity index (χ4v) is 1.73. The van der Waals surface area contributed by atoms with E-state index in [1.165, 1.54) is 32.1 Å². The van der Waals surface area contributed by atoms with Crippen LogP contribution in [0.2, 0.25) is 0 Å². The monoisotopic (exact) mass is 184 g/mol. The predicted octanol–water partition coefficient (Wildman–Crippen LogP) is 3.36. The van der Waals surface area contributed by atoms with Crippen molar-refractivity contribution in [1.29, 1.82) is 0 Å². The van der Waals surface area contributed by atoms with Crippen molar-refractivity contribution in [3.05, 3.63) is 0 Å². The lowest BCUT2D eigenvalue weighted by molar-refractivity contribution is 0.136. The van der Waals surface area contributed by atoms with Gasteiger partial charge in [-0.25, -0.2) is 0 Å². The van der Waals surface area contributed by atoms with Gasteiger partial charge in [0.05, 0.1) is 6.10 Å². The highest BCUT2D eigenvalue weighted by Crippen LogP contribution is 2.34. The molecule has 1 rings (SSSR count). The zero-order valence-electron chi connectivity index (χ0n) is 9.34. The lowest BCUT2D eigenvalue weighted by Gasteiger charge is -2.18. The van der Waals surface area contributed by atoms with E-state index < -0.39 is 0 Å². The Bertz CT molecular complexity index is 142. The molecule has 0 aromatic rings. The zero-order valence-corrected chi connectivity index (χ0v) is 9.34. The Labute approximate surface area is 82.5 Å². The lowest BCUT2D eigenvalue weighted by Crippen LogP contribution is -2.10. The minimum atomic E-state index is 0.0139. The molecule has 0 spiro atoms. The first-order valence-electron chi connectivity index (χ1n) is 5.67. The molecule has 1 heteroatoms. The van der Waals surface area contributed by atoms with Gasteiger partial charge < -0.3 is 5.11 Å². The minimum Gasteiger partial charge on any atom is -0.393 e. The average molecular weight is 184 g/mol. The second-order valence-corrected chi connectivity index (χ2v) is 5.71. The third-order valence-corrected chi connectivity index (χ3v) is 2.84. The van der Waals surface area contributed by atoms with E-state index in [2.05, 4.69) is 20.8 Å². The van der Waals surface area contributed by atoms with E-state index >= 15 is 0 Å². The SMILES string of the molecule is CC(C)(C)CCCCC(O)C1CC1. The highest BCUT2D eigenvalue weighted by atomic mass is 16.3. The summed E-state index contributed by atoms with van der Waals surface area (Å²) in [5.74, 6) is 0.662. The van der Waals surface area contributed by atoms with Crippen molar-refractivity contribution in [1.82, 2.24) is 0 Å². The largest absolute Gasteiger partial charge is 0.393 e. The van der Waals surface area contributed by atoms with Crippen LogP contribution in [0.1, 0.15) is 59.3 Å². The van der Waals surface area contributed by atoms with Gasteiger partial charge >= 0.3 is 0 Å². The molecule has 1 atom stereocenters.